The Morgan fingerprint density at radius 1 is 1.20 bits per heavy atom. The van der Waals surface area contributed by atoms with Crippen LogP contribution in [-0.4, -0.2) is 21.0 Å². The van der Waals surface area contributed by atoms with Gasteiger partial charge in [-0.3, -0.25) is 0 Å². The van der Waals surface area contributed by atoms with E-state index in [-0.39, 0.29) is 5.82 Å². The molecule has 0 aliphatic heterocycles. The van der Waals surface area contributed by atoms with Gasteiger partial charge in [-0.15, -0.1) is 11.3 Å². The molecule has 20 heavy (non-hydrogen) atoms. The van der Waals surface area contributed by atoms with E-state index in [9.17, 15) is 4.79 Å². The molecule has 0 radical (unpaired) electrons. The van der Waals surface area contributed by atoms with Gasteiger partial charge in [-0.2, -0.15) is 4.98 Å². The Morgan fingerprint density at radius 3 is 2.80 bits per heavy atom. The van der Waals surface area contributed by atoms with Gasteiger partial charge in [-0.1, -0.05) is 18.2 Å². The summed E-state index contributed by atoms with van der Waals surface area (Å²) in [6.07, 6.45) is 0. The van der Waals surface area contributed by atoms with Crippen LogP contribution in [0.2, 0.25) is 0 Å². The minimum atomic E-state index is -1.17. The van der Waals surface area contributed by atoms with Crippen molar-refractivity contribution >= 4 is 28.2 Å². The van der Waals surface area contributed by atoms with Crippen molar-refractivity contribution in [3.8, 4) is 5.88 Å². The number of hydrogen-bond acceptors (Lipinski definition) is 5. The molecule has 0 bridgehead atoms. The SMILES string of the molecule is O=C(O)c1nc(OCc2cccs2)c2ccccc2n1. The topological polar surface area (TPSA) is 72.3 Å². The molecule has 2 heterocycles. The molecule has 1 N–H and O–H groups in total. The number of hydrogen-bond donors (Lipinski definition) is 1. The van der Waals surface area contributed by atoms with Crippen molar-refractivity contribution in [2.24, 2.45) is 0 Å². The maximum atomic E-state index is 11.1. The fourth-order valence-corrected chi connectivity index (χ4v) is 2.40. The molecule has 0 aliphatic carbocycles. The average molecular weight is 286 g/mol. The van der Waals surface area contributed by atoms with E-state index >= 15 is 0 Å². The maximum Gasteiger partial charge on any atom is 0.374 e. The number of carboxylic acids is 1. The van der Waals surface area contributed by atoms with E-state index in [1.165, 1.54) is 0 Å². The van der Waals surface area contributed by atoms with Crippen LogP contribution in [0.25, 0.3) is 10.9 Å². The highest BCUT2D eigenvalue weighted by Gasteiger charge is 2.13. The second kappa shape index (κ2) is 5.26. The maximum absolute atomic E-state index is 11.1. The summed E-state index contributed by atoms with van der Waals surface area (Å²) >= 11 is 1.57. The number of ether oxygens (including phenoxy) is 1. The van der Waals surface area contributed by atoms with Gasteiger partial charge in [0.1, 0.15) is 6.61 Å². The highest BCUT2D eigenvalue weighted by molar-refractivity contribution is 7.09. The Labute approximate surface area is 118 Å². The molecule has 0 unspecified atom stereocenters. The van der Waals surface area contributed by atoms with Crippen LogP contribution in [0.1, 0.15) is 15.5 Å². The number of aromatic carboxylic acids is 1. The van der Waals surface area contributed by atoms with E-state index in [1.807, 2.05) is 29.6 Å². The summed E-state index contributed by atoms with van der Waals surface area (Å²) in [6.45, 7) is 0.359. The molecule has 2 aromatic heterocycles. The third-order valence-corrected chi connectivity index (χ3v) is 3.54. The number of carboxylic acid groups (broad SMARTS) is 1. The summed E-state index contributed by atoms with van der Waals surface area (Å²) in [5, 5.41) is 11.7. The number of carbonyl (C=O) groups is 1. The molecule has 0 saturated heterocycles. The number of aromatic nitrogens is 2. The third-order valence-electron chi connectivity index (χ3n) is 2.69. The monoisotopic (exact) mass is 286 g/mol. The zero-order valence-electron chi connectivity index (χ0n) is 10.3. The quantitative estimate of drug-likeness (QED) is 0.798. The van der Waals surface area contributed by atoms with Crippen LogP contribution < -0.4 is 4.74 Å². The van der Waals surface area contributed by atoms with Gasteiger partial charge in [0.25, 0.3) is 0 Å². The predicted molar refractivity (Wildman–Crippen MR) is 75.1 cm³/mol. The number of nitrogens with zero attached hydrogens (tertiary/aromatic N) is 2. The lowest BCUT2D eigenvalue weighted by molar-refractivity contribution is 0.0682. The van der Waals surface area contributed by atoms with Crippen LogP contribution in [0.3, 0.4) is 0 Å². The van der Waals surface area contributed by atoms with Gasteiger partial charge in [0.05, 0.1) is 10.9 Å². The lowest BCUT2D eigenvalue weighted by Gasteiger charge is -2.08. The largest absolute Gasteiger partial charge is 0.475 e. The predicted octanol–water partition coefficient (Wildman–Crippen LogP) is 2.97. The van der Waals surface area contributed by atoms with Gasteiger partial charge in [0.2, 0.25) is 11.7 Å². The molecule has 0 amide bonds. The zero-order chi connectivity index (χ0) is 13.9. The average Bonchev–Trinajstić information content (AvgIpc) is 2.97. The van der Waals surface area contributed by atoms with Crippen molar-refractivity contribution in [1.82, 2.24) is 9.97 Å². The smallest absolute Gasteiger partial charge is 0.374 e. The van der Waals surface area contributed by atoms with Crippen molar-refractivity contribution in [2.45, 2.75) is 6.61 Å². The number of thiophene rings is 1. The molecule has 3 aromatic rings. The van der Waals surface area contributed by atoms with E-state index < -0.39 is 5.97 Å². The first kappa shape index (κ1) is 12.6. The lowest BCUT2D eigenvalue weighted by Crippen LogP contribution is -2.07. The Kier molecular flexibility index (Phi) is 3.30. The Bertz CT molecular complexity index is 756. The molecule has 0 saturated carbocycles. The molecule has 3 rings (SSSR count). The Balaban J connectivity index is 2.00. The minimum absolute atomic E-state index is 0.259. The zero-order valence-corrected chi connectivity index (χ0v) is 11.1. The van der Waals surface area contributed by atoms with Gasteiger partial charge in [-0.25, -0.2) is 9.78 Å². The number of benzene rings is 1. The standard InChI is InChI=1S/C14H10N2O3S/c17-14(18)12-15-11-6-2-1-5-10(11)13(16-12)19-8-9-4-3-7-20-9/h1-7H,8H2,(H,17,18). The molecule has 1 aromatic carbocycles. The summed E-state index contributed by atoms with van der Waals surface area (Å²) in [6, 6.07) is 11.1. The number of fused-ring (bicyclic) bond motifs is 1. The lowest BCUT2D eigenvalue weighted by atomic mass is 10.2. The van der Waals surface area contributed by atoms with Crippen molar-refractivity contribution in [2.75, 3.05) is 0 Å². The summed E-state index contributed by atoms with van der Waals surface area (Å²) < 4.78 is 5.65. The summed E-state index contributed by atoms with van der Waals surface area (Å²) in [4.78, 5) is 20.1. The summed E-state index contributed by atoms with van der Waals surface area (Å²) in [7, 11) is 0. The van der Waals surface area contributed by atoms with Gasteiger partial charge < -0.3 is 9.84 Å². The molecule has 0 fully saturated rings. The third kappa shape index (κ3) is 2.46. The molecule has 6 heteroatoms. The van der Waals surface area contributed by atoms with E-state index in [4.69, 9.17) is 9.84 Å². The van der Waals surface area contributed by atoms with Crippen LogP contribution >= 0.6 is 11.3 Å². The molecule has 0 atom stereocenters. The Hall–Kier alpha value is -2.47. The van der Waals surface area contributed by atoms with E-state index in [1.54, 1.807) is 23.5 Å². The molecule has 0 aliphatic rings. The highest BCUT2D eigenvalue weighted by Crippen LogP contribution is 2.23. The molecular weight excluding hydrogens is 276 g/mol. The molecule has 5 nitrogen and oxygen atoms in total. The van der Waals surface area contributed by atoms with Crippen LogP contribution in [0.4, 0.5) is 0 Å². The van der Waals surface area contributed by atoms with Gasteiger partial charge in [0.15, 0.2) is 0 Å². The summed E-state index contributed by atoms with van der Waals surface area (Å²) in [5.74, 6) is -1.14. The molecular formula is C14H10N2O3S. The van der Waals surface area contributed by atoms with E-state index in [0.717, 1.165) is 4.88 Å². The number of para-hydroxylation sites is 1. The Morgan fingerprint density at radius 2 is 2.05 bits per heavy atom. The van der Waals surface area contributed by atoms with Crippen LogP contribution in [0, 0.1) is 0 Å². The fraction of sp³-hybridized carbons (Fsp3) is 0.0714. The molecule has 0 spiro atoms. The van der Waals surface area contributed by atoms with Gasteiger partial charge in [0, 0.05) is 4.88 Å². The fourth-order valence-electron chi connectivity index (χ4n) is 1.79. The summed E-state index contributed by atoms with van der Waals surface area (Å²) in [5.41, 5.74) is 0.557. The minimum Gasteiger partial charge on any atom is -0.475 e. The van der Waals surface area contributed by atoms with Crippen molar-refractivity contribution in [3.63, 3.8) is 0 Å². The van der Waals surface area contributed by atoms with Gasteiger partial charge in [-0.05, 0) is 23.6 Å². The highest BCUT2D eigenvalue weighted by atomic mass is 32.1. The molecule has 100 valence electrons. The first-order valence-corrected chi connectivity index (χ1v) is 6.77. The van der Waals surface area contributed by atoms with Crippen LogP contribution in [0.5, 0.6) is 5.88 Å². The van der Waals surface area contributed by atoms with Crippen molar-refractivity contribution in [1.29, 1.82) is 0 Å². The first-order valence-electron chi connectivity index (χ1n) is 5.89. The normalized spacial score (nSPS) is 10.6. The van der Waals surface area contributed by atoms with Crippen molar-refractivity contribution in [3.05, 3.63) is 52.5 Å². The first-order chi connectivity index (χ1) is 9.74. The van der Waals surface area contributed by atoms with E-state index in [2.05, 4.69) is 9.97 Å². The van der Waals surface area contributed by atoms with Crippen LogP contribution in [-0.2, 0) is 6.61 Å². The van der Waals surface area contributed by atoms with Gasteiger partial charge >= 0.3 is 5.97 Å². The van der Waals surface area contributed by atoms with Crippen LogP contribution in [0.15, 0.2) is 41.8 Å². The second-order valence-electron chi connectivity index (χ2n) is 4.04. The second-order valence-corrected chi connectivity index (χ2v) is 5.07. The van der Waals surface area contributed by atoms with E-state index in [0.29, 0.717) is 23.4 Å². The number of rotatable bonds is 4. The van der Waals surface area contributed by atoms with Crippen molar-refractivity contribution < 1.29 is 14.6 Å².